The van der Waals surface area contributed by atoms with Crippen LogP contribution in [0, 0.1) is 0 Å². The number of unbranched alkanes of at least 4 members (excludes halogenated alkanes) is 8. The molecule has 0 aliphatic heterocycles. The second-order valence-electron chi connectivity index (χ2n) is 6.90. The van der Waals surface area contributed by atoms with Gasteiger partial charge in [-0.1, -0.05) is 58.3 Å². The molecule has 0 heterocycles. The number of hydrogen-bond acceptors (Lipinski definition) is 4. The summed E-state index contributed by atoms with van der Waals surface area (Å²) >= 11 is 0. The standard InChI is InChI=1S/C18H38N2O2/c1-4-18(2,3)22-17(21)16(20)14-12-10-8-6-5-7-9-11-13-15-19/h16H,4-15,19-20H2,1-3H3. The lowest BCUT2D eigenvalue weighted by Gasteiger charge is -2.25. The number of rotatable bonds is 14. The van der Waals surface area contributed by atoms with Gasteiger partial charge in [0.15, 0.2) is 0 Å². The van der Waals surface area contributed by atoms with Gasteiger partial charge in [-0.2, -0.15) is 0 Å². The van der Waals surface area contributed by atoms with Crippen molar-refractivity contribution in [3.05, 3.63) is 0 Å². The Hall–Kier alpha value is -0.610. The minimum absolute atomic E-state index is 0.258. The number of nitrogens with two attached hydrogens (primary N) is 2. The molecule has 0 amide bonds. The van der Waals surface area contributed by atoms with Gasteiger partial charge in [0, 0.05) is 0 Å². The van der Waals surface area contributed by atoms with Gasteiger partial charge in [0.1, 0.15) is 11.6 Å². The summed E-state index contributed by atoms with van der Waals surface area (Å²) in [5.41, 5.74) is 11.0. The highest BCUT2D eigenvalue weighted by atomic mass is 16.6. The van der Waals surface area contributed by atoms with Crippen LogP contribution >= 0.6 is 0 Å². The molecule has 0 aliphatic carbocycles. The van der Waals surface area contributed by atoms with Crippen LogP contribution in [0.5, 0.6) is 0 Å². The van der Waals surface area contributed by atoms with Gasteiger partial charge in [0.05, 0.1) is 0 Å². The molecule has 22 heavy (non-hydrogen) atoms. The molecule has 4 nitrogen and oxygen atoms in total. The van der Waals surface area contributed by atoms with E-state index in [-0.39, 0.29) is 5.97 Å². The van der Waals surface area contributed by atoms with Crippen LogP contribution in [0.25, 0.3) is 0 Å². The molecule has 0 aromatic carbocycles. The van der Waals surface area contributed by atoms with Crippen molar-refractivity contribution in [3.8, 4) is 0 Å². The molecule has 0 aliphatic rings. The lowest BCUT2D eigenvalue weighted by atomic mass is 10.0. The maximum absolute atomic E-state index is 11.9. The first-order chi connectivity index (χ1) is 10.4. The Kier molecular flexibility index (Phi) is 12.5. The molecule has 0 rings (SSSR count). The highest BCUT2D eigenvalue weighted by molar-refractivity contribution is 5.75. The van der Waals surface area contributed by atoms with Crippen LogP contribution in [0.1, 0.15) is 91.4 Å². The van der Waals surface area contributed by atoms with Crippen molar-refractivity contribution in [2.75, 3.05) is 6.54 Å². The van der Waals surface area contributed by atoms with Crippen LogP contribution in [0.4, 0.5) is 0 Å². The zero-order chi connectivity index (χ0) is 16.8. The predicted octanol–water partition coefficient (Wildman–Crippen LogP) is 3.91. The predicted molar refractivity (Wildman–Crippen MR) is 93.7 cm³/mol. The van der Waals surface area contributed by atoms with Gasteiger partial charge in [0.2, 0.25) is 0 Å². The van der Waals surface area contributed by atoms with Gasteiger partial charge in [-0.25, -0.2) is 0 Å². The fourth-order valence-electron chi connectivity index (χ4n) is 2.28. The Labute approximate surface area is 137 Å². The number of ether oxygens (including phenoxy) is 1. The van der Waals surface area contributed by atoms with E-state index in [4.69, 9.17) is 16.2 Å². The lowest BCUT2D eigenvalue weighted by Crippen LogP contribution is -2.38. The molecule has 132 valence electrons. The summed E-state index contributed by atoms with van der Waals surface area (Å²) in [6.07, 6.45) is 12.6. The van der Waals surface area contributed by atoms with E-state index in [2.05, 4.69) is 0 Å². The summed E-state index contributed by atoms with van der Waals surface area (Å²) in [7, 11) is 0. The summed E-state index contributed by atoms with van der Waals surface area (Å²) in [5, 5.41) is 0. The highest BCUT2D eigenvalue weighted by Gasteiger charge is 2.24. The molecule has 0 aromatic rings. The maximum Gasteiger partial charge on any atom is 0.323 e. The zero-order valence-electron chi connectivity index (χ0n) is 15.0. The Morgan fingerprint density at radius 3 is 1.86 bits per heavy atom. The molecular formula is C18H38N2O2. The second kappa shape index (κ2) is 12.9. The summed E-state index contributed by atoms with van der Waals surface area (Å²) in [6, 6.07) is -0.470. The van der Waals surface area contributed by atoms with Crippen molar-refractivity contribution in [1.82, 2.24) is 0 Å². The highest BCUT2D eigenvalue weighted by Crippen LogP contribution is 2.16. The fraction of sp³-hybridized carbons (Fsp3) is 0.944. The van der Waals surface area contributed by atoms with E-state index in [1.54, 1.807) is 0 Å². The quantitative estimate of drug-likeness (QED) is 0.376. The first kappa shape index (κ1) is 21.4. The van der Waals surface area contributed by atoms with Gasteiger partial charge in [-0.05, 0) is 39.7 Å². The van der Waals surface area contributed by atoms with E-state index >= 15 is 0 Å². The van der Waals surface area contributed by atoms with E-state index in [0.29, 0.717) is 0 Å². The summed E-state index contributed by atoms with van der Waals surface area (Å²) in [5.74, 6) is -0.258. The number of carbonyl (C=O) groups excluding carboxylic acids is 1. The third kappa shape index (κ3) is 12.0. The third-order valence-electron chi connectivity index (χ3n) is 4.25. The molecule has 0 saturated carbocycles. The third-order valence-corrected chi connectivity index (χ3v) is 4.25. The summed E-state index contributed by atoms with van der Waals surface area (Å²) in [6.45, 7) is 6.67. The zero-order valence-corrected chi connectivity index (χ0v) is 15.0. The minimum atomic E-state index is -0.470. The van der Waals surface area contributed by atoms with Crippen LogP contribution in [-0.2, 0) is 9.53 Å². The summed E-state index contributed by atoms with van der Waals surface area (Å²) < 4.78 is 5.42. The first-order valence-corrected chi connectivity index (χ1v) is 9.11. The van der Waals surface area contributed by atoms with E-state index in [1.165, 1.54) is 38.5 Å². The molecule has 1 unspecified atom stereocenters. The van der Waals surface area contributed by atoms with Crippen LogP contribution < -0.4 is 11.5 Å². The smallest absolute Gasteiger partial charge is 0.323 e. The van der Waals surface area contributed by atoms with Gasteiger partial charge < -0.3 is 16.2 Å². The fourth-order valence-corrected chi connectivity index (χ4v) is 2.28. The number of esters is 1. The van der Waals surface area contributed by atoms with E-state index in [0.717, 1.165) is 38.6 Å². The van der Waals surface area contributed by atoms with Crippen LogP contribution in [-0.4, -0.2) is 24.2 Å². The van der Waals surface area contributed by atoms with Gasteiger partial charge in [0.25, 0.3) is 0 Å². The first-order valence-electron chi connectivity index (χ1n) is 9.11. The molecule has 0 saturated heterocycles. The Balaban J connectivity index is 3.49. The average molecular weight is 315 g/mol. The van der Waals surface area contributed by atoms with Crippen LogP contribution in [0.15, 0.2) is 0 Å². The van der Waals surface area contributed by atoms with Crippen molar-refractivity contribution in [3.63, 3.8) is 0 Å². The van der Waals surface area contributed by atoms with Crippen molar-refractivity contribution < 1.29 is 9.53 Å². The molecule has 0 bridgehead atoms. The molecule has 0 fully saturated rings. The number of carbonyl (C=O) groups is 1. The normalized spacial score (nSPS) is 13.1. The molecule has 0 aromatic heterocycles. The molecule has 0 radical (unpaired) electrons. The molecule has 4 heteroatoms. The second-order valence-corrected chi connectivity index (χ2v) is 6.90. The monoisotopic (exact) mass is 314 g/mol. The van der Waals surface area contributed by atoms with Crippen LogP contribution in [0.3, 0.4) is 0 Å². The van der Waals surface area contributed by atoms with Crippen molar-refractivity contribution in [1.29, 1.82) is 0 Å². The van der Waals surface area contributed by atoms with Gasteiger partial charge in [-0.15, -0.1) is 0 Å². The number of hydrogen-bond donors (Lipinski definition) is 2. The molecular weight excluding hydrogens is 276 g/mol. The largest absolute Gasteiger partial charge is 0.459 e. The molecule has 1 atom stereocenters. The Morgan fingerprint density at radius 2 is 1.41 bits per heavy atom. The maximum atomic E-state index is 11.9. The van der Waals surface area contributed by atoms with E-state index in [1.807, 2.05) is 20.8 Å². The van der Waals surface area contributed by atoms with Crippen molar-refractivity contribution in [2.45, 2.75) is 103 Å². The molecule has 4 N–H and O–H groups in total. The van der Waals surface area contributed by atoms with Crippen LogP contribution in [0.2, 0.25) is 0 Å². The van der Waals surface area contributed by atoms with Gasteiger partial charge >= 0.3 is 5.97 Å². The topological polar surface area (TPSA) is 78.3 Å². The van der Waals surface area contributed by atoms with Gasteiger partial charge in [-0.3, -0.25) is 4.79 Å². The van der Waals surface area contributed by atoms with Crippen molar-refractivity contribution in [2.24, 2.45) is 11.5 Å². The minimum Gasteiger partial charge on any atom is -0.459 e. The molecule has 0 spiro atoms. The SMILES string of the molecule is CCC(C)(C)OC(=O)C(N)CCCCCCCCCCCN. The Bertz CT molecular complexity index is 280. The van der Waals surface area contributed by atoms with E-state index in [9.17, 15) is 4.79 Å². The van der Waals surface area contributed by atoms with Crippen molar-refractivity contribution >= 4 is 5.97 Å². The van der Waals surface area contributed by atoms with E-state index < -0.39 is 11.6 Å². The average Bonchev–Trinajstić information content (AvgIpc) is 2.48. The summed E-state index contributed by atoms with van der Waals surface area (Å²) in [4.78, 5) is 11.9. The lowest BCUT2D eigenvalue weighted by molar-refractivity contribution is -0.158. The Morgan fingerprint density at radius 1 is 0.955 bits per heavy atom.